The molecule has 21 unspecified atom stereocenters. The summed E-state index contributed by atoms with van der Waals surface area (Å²) in [7, 11) is 59.5. The largest absolute Gasteiger partial charge is 0.508 e. The summed E-state index contributed by atoms with van der Waals surface area (Å²) in [5, 5.41) is 46.2. The molecule has 21 atom stereocenters. The monoisotopic (exact) mass is 2080 g/mol. The second-order valence-corrected chi connectivity index (χ2v) is 169. The molecular formula is C57H118IO6P33S. The number of aromatic hydroxyl groups is 4. The molecule has 560 valence electrons. The molecule has 98 heavy (non-hydrogen) atoms. The first-order chi connectivity index (χ1) is 44.8. The van der Waals surface area contributed by atoms with Crippen molar-refractivity contribution in [2.45, 2.75) is 175 Å². The van der Waals surface area contributed by atoms with Gasteiger partial charge in [-0.15, -0.1) is 152 Å². The molecule has 2 aliphatic heterocycles. The zero-order valence-corrected chi connectivity index (χ0v) is 91.2. The van der Waals surface area contributed by atoms with Gasteiger partial charge in [-0.25, -0.2) is 0 Å². The number of aliphatic hydroxyl groups is 1. The molecule has 4 aliphatic carbocycles. The molecule has 6 nitrogen and oxygen atoms in total. The smallest absolute Gasteiger partial charge is 0.115 e. The van der Waals surface area contributed by atoms with Crippen LogP contribution in [0.1, 0.15) is 186 Å². The Balaban J connectivity index is 0.000000437. The van der Waals surface area contributed by atoms with Crippen molar-refractivity contribution >= 4 is 295 Å². The van der Waals surface area contributed by atoms with Gasteiger partial charge in [-0.3, -0.25) is 0 Å². The summed E-state index contributed by atoms with van der Waals surface area (Å²) < 4.78 is 6.01. The molecule has 0 aromatic heterocycles. The molecule has 0 spiro atoms. The molecule has 2 heterocycles. The standard InChI is InChI=1S/C14H20O2.C14H18O.C13H16O2.C13H18O.3CH4.H34IP33S/c1-2-14(16)9-7-12(8-10-14)11-3-5-13(15)6-4-11;1-2-11-3-5-12(6-4-11)13-7-9-14(15)10-8-13;14-12-3-1-11(2-4-12)13-7-5-10(6-8-13)9-15-13;1-10-2-4-11(5-3-10)12-6-8-13(14)9-7-12;;;;1-35(19-30(22(4)5)23(6)7,20-31(24(8)9)29(18)21(2)3)34(32(25(10)11)26(12)13)33(27(14)15)28(16)17/h3-6,12,15-16H,2,7-10H2,1H3;5,7-11,15H,2-4,6H2,1H3;1-4,10,14H,5-9H2;6-11,14H,2-5H2,1H3;3*1H4;2-18H2. The predicted octanol–water partition coefficient (Wildman–Crippen LogP) is 35.8. The fraction of sp³-hybridized carbons (Fsp3) is 0.544. The van der Waals surface area contributed by atoms with Crippen LogP contribution in [0.5, 0.6) is 23.0 Å². The highest BCUT2D eigenvalue weighted by atomic mass is 127. The van der Waals surface area contributed by atoms with Crippen LogP contribution in [0.25, 0.3) is 5.57 Å². The van der Waals surface area contributed by atoms with Gasteiger partial charge in [0.1, 0.15) is 23.0 Å². The number of fused-ring (bicyclic) bond motifs is 3. The molecule has 0 amide bonds. The molecule has 5 fully saturated rings. The van der Waals surface area contributed by atoms with Gasteiger partial charge in [-0.2, -0.15) is 0 Å². The highest BCUT2D eigenvalue weighted by molar-refractivity contribution is 14.2. The zero-order chi connectivity index (χ0) is 70.5. The Morgan fingerprint density at radius 2 is 0.898 bits per heavy atom. The van der Waals surface area contributed by atoms with Gasteiger partial charge >= 0.3 is 0 Å². The predicted molar refractivity (Wildman–Crippen MR) is 562 cm³/mol. The van der Waals surface area contributed by atoms with E-state index in [2.05, 4.69) is 212 Å². The van der Waals surface area contributed by atoms with Gasteiger partial charge in [0.05, 0.1) is 17.8 Å². The molecule has 2 saturated heterocycles. The fourth-order valence-corrected chi connectivity index (χ4v) is 432. The van der Waals surface area contributed by atoms with Crippen molar-refractivity contribution in [3.8, 4) is 23.0 Å². The lowest BCUT2D eigenvalue weighted by atomic mass is 9.72. The first-order valence-corrected chi connectivity index (χ1v) is 94.1. The molecule has 6 aliphatic rings. The second-order valence-electron chi connectivity index (χ2n) is 23.9. The highest BCUT2D eigenvalue weighted by Crippen LogP contribution is 3.25. The van der Waals surface area contributed by atoms with Crippen LogP contribution in [-0.4, -0.2) is 37.7 Å². The van der Waals surface area contributed by atoms with E-state index in [0.29, 0.717) is 28.9 Å². The average Bonchev–Trinajstić information content (AvgIpc) is 0.769. The molecular weight excluding hydrogens is 1960 g/mol. The Morgan fingerprint density at radius 3 is 1.24 bits per heavy atom. The minimum atomic E-state index is -0.854. The van der Waals surface area contributed by atoms with Gasteiger partial charge in [0.15, 0.2) is 0 Å². The third-order valence-corrected chi connectivity index (χ3v) is 248. The molecule has 0 radical (unpaired) electrons. The SMILES string of the molecule is C.C.C.CC1CCC(c2ccc(O)cc2)CC1.CCC1(O)CCC(c2ccc(O)cc2)CC1.CCC1CC=C(c2ccc(O)cc2)CC1.Oc1ccc(C23CCC(CC2)CO3)cc1.PP(P)P(P)P(P=S(I)(=PP(P(P)P)P(P)P)P(P(P(P)P)P(P)P)P(P(P)P)P(P)P)P(P)P. The molecule has 4 aromatic carbocycles. The molecule has 41 heteroatoms. The van der Waals surface area contributed by atoms with E-state index >= 15 is 0 Å². The summed E-state index contributed by atoms with van der Waals surface area (Å²) in [6, 6.07) is 30.3. The minimum Gasteiger partial charge on any atom is -0.508 e. The van der Waals surface area contributed by atoms with E-state index in [0.717, 1.165) is 75.2 Å². The van der Waals surface area contributed by atoms with Crippen molar-refractivity contribution in [3.05, 3.63) is 125 Å². The lowest BCUT2D eigenvalue weighted by Gasteiger charge is -2.46. The quantitative estimate of drug-likeness (QED) is 0.0445. The minimum absolute atomic E-state index is 0. The van der Waals surface area contributed by atoms with Gasteiger partial charge in [-0.05, 0) is 294 Å². The number of phenols is 4. The van der Waals surface area contributed by atoms with Crippen LogP contribution < -0.4 is 0 Å². The van der Waals surface area contributed by atoms with Gasteiger partial charge in [0.2, 0.25) is 0 Å². The third-order valence-electron chi connectivity index (χ3n) is 17.3. The van der Waals surface area contributed by atoms with E-state index in [-0.39, 0.29) is 125 Å². The summed E-state index contributed by atoms with van der Waals surface area (Å²) in [6.07, 6.45) is 22.3. The average molecular weight is 2080 g/mol. The summed E-state index contributed by atoms with van der Waals surface area (Å²) in [4.78, 5) is 0. The van der Waals surface area contributed by atoms with Crippen LogP contribution >= 0.6 is 284 Å². The van der Waals surface area contributed by atoms with Crippen molar-refractivity contribution in [1.29, 1.82) is 0 Å². The van der Waals surface area contributed by atoms with Crippen LogP contribution in [0.2, 0.25) is 0 Å². The summed E-state index contributed by atoms with van der Waals surface area (Å²) in [5.74, 6) is 5.24. The van der Waals surface area contributed by atoms with Crippen molar-refractivity contribution in [2.75, 3.05) is 6.61 Å². The van der Waals surface area contributed by atoms with Crippen LogP contribution in [0.3, 0.4) is 0 Å². The van der Waals surface area contributed by atoms with Crippen molar-refractivity contribution < 1.29 is 30.3 Å². The molecule has 10 rings (SSSR count). The van der Waals surface area contributed by atoms with Crippen LogP contribution in [0, 0.1) is 17.8 Å². The number of hydrogen-bond donors (Lipinski definition) is 5. The van der Waals surface area contributed by atoms with E-state index in [9.17, 15) is 25.5 Å². The summed E-state index contributed by atoms with van der Waals surface area (Å²) >= 11 is 3.18. The Hall–Kier alpha value is 10.7. The van der Waals surface area contributed by atoms with Crippen LogP contribution in [-0.2, 0) is 15.5 Å². The molecule has 3 saturated carbocycles. The third kappa shape index (κ3) is 35.4. The maximum Gasteiger partial charge on any atom is 0.115 e. The topological polar surface area (TPSA) is 110 Å². The lowest BCUT2D eigenvalue weighted by molar-refractivity contribution is -0.149. The Morgan fingerprint density at radius 1 is 0.500 bits per heavy atom. The maximum atomic E-state index is 10.1. The van der Waals surface area contributed by atoms with Gasteiger partial charge < -0.3 is 30.3 Å². The van der Waals surface area contributed by atoms with Gasteiger partial charge in [-0.1, -0.05) is 122 Å². The Bertz CT molecular complexity index is 2970. The van der Waals surface area contributed by atoms with Crippen molar-refractivity contribution in [3.63, 3.8) is 0 Å². The van der Waals surface area contributed by atoms with Crippen molar-refractivity contribution in [1.82, 2.24) is 0 Å². The van der Waals surface area contributed by atoms with Crippen LogP contribution in [0.15, 0.2) is 103 Å². The number of halogens is 1. The van der Waals surface area contributed by atoms with E-state index in [1.807, 2.05) is 50.5 Å². The second kappa shape index (κ2) is 54.0. The number of hydrogen-bond acceptors (Lipinski definition) is 6. The van der Waals surface area contributed by atoms with Gasteiger partial charge in [0.25, 0.3) is 0 Å². The zero-order valence-electron chi connectivity index (χ0n) is 54.3. The Labute approximate surface area is 666 Å². The van der Waals surface area contributed by atoms with E-state index in [4.69, 9.17) is 4.74 Å². The number of allylic oxidation sites excluding steroid dienone is 2. The number of benzene rings is 4. The normalized spacial score (nSPS) is 23.6. The van der Waals surface area contributed by atoms with E-state index in [1.165, 1.54) is 92.0 Å². The molecule has 4 aromatic rings. The van der Waals surface area contributed by atoms with Crippen molar-refractivity contribution in [2.24, 2.45) is 17.8 Å². The first kappa shape index (κ1) is 105. The van der Waals surface area contributed by atoms with Gasteiger partial charge in [0, 0.05) is 34.5 Å². The summed E-state index contributed by atoms with van der Waals surface area (Å²) in [5.41, 5.74) is 6.17. The van der Waals surface area contributed by atoms with E-state index < -0.39 is 10.8 Å². The number of ether oxygens (including phenoxy) is 1. The molecule has 5 N–H and O–H groups in total. The lowest BCUT2D eigenvalue weighted by Crippen LogP contribution is -2.42. The fourth-order valence-electron chi connectivity index (χ4n) is 11.6. The number of rotatable bonds is 20. The van der Waals surface area contributed by atoms with E-state index in [1.54, 1.807) is 48.5 Å². The molecule has 2 bridgehead atoms. The summed E-state index contributed by atoms with van der Waals surface area (Å²) in [6.45, 7) is 6.74. The Kier molecular flexibility index (Phi) is 57.8. The van der Waals surface area contributed by atoms with Crippen LogP contribution in [0.4, 0.5) is 0 Å². The highest BCUT2D eigenvalue weighted by Gasteiger charge is 2.45. The maximum absolute atomic E-state index is 10.1. The first-order valence-electron chi connectivity index (χ1n) is 30.9. The number of phenolic OH excluding ortho intramolecular Hbond substituents is 4.